The van der Waals surface area contributed by atoms with Crippen LogP contribution in [0.25, 0.3) is 0 Å². The van der Waals surface area contributed by atoms with Gasteiger partial charge in [-0.2, -0.15) is 0 Å². The van der Waals surface area contributed by atoms with Crippen LogP contribution in [0.3, 0.4) is 0 Å². The van der Waals surface area contributed by atoms with Crippen LogP contribution < -0.4 is 0 Å². The SMILES string of the molecule is CO[C@@H]1C[C@@]23COCC(C)(C2CC[C@H]2C3=CC[C@@]3(C)[C@H](C(=O)OCc4ccccc4)[C@@](C)([C@H](C)C(C)C)CC[C@]23C)[C@H]1OCC(=O)CBr. The lowest BCUT2D eigenvalue weighted by molar-refractivity contribution is -0.266. The molecule has 0 N–H and O–H groups in total. The largest absolute Gasteiger partial charge is 0.461 e. The maximum Gasteiger partial charge on any atom is 0.310 e. The van der Waals surface area contributed by atoms with Crippen LogP contribution in [0, 0.1) is 56.7 Å². The first kappa shape index (κ1) is 36.3. The number of Topliss-reactive ketones (excluding diaryl/α,β-unsaturated/α-hetero) is 1. The van der Waals surface area contributed by atoms with E-state index in [1.807, 2.05) is 30.3 Å². The molecule has 3 saturated carbocycles. The first-order chi connectivity index (χ1) is 22.7. The number of methoxy groups -OCH3 is 1. The summed E-state index contributed by atoms with van der Waals surface area (Å²) in [6.45, 7) is 18.3. The number of hydrogen-bond donors (Lipinski definition) is 0. The molecule has 1 aromatic carbocycles. The number of benzene rings is 1. The molecule has 0 radical (unpaired) electrons. The van der Waals surface area contributed by atoms with Crippen LogP contribution in [-0.2, 0) is 35.1 Å². The van der Waals surface area contributed by atoms with Crippen LogP contribution in [0.4, 0.5) is 0 Å². The Morgan fingerprint density at radius 1 is 1.00 bits per heavy atom. The molecule has 0 aromatic heterocycles. The van der Waals surface area contributed by atoms with E-state index in [0.717, 1.165) is 44.1 Å². The smallest absolute Gasteiger partial charge is 0.310 e. The zero-order valence-electron chi connectivity index (χ0n) is 30.6. The third-order valence-corrected chi connectivity index (χ3v) is 15.8. The molecule has 6 rings (SSSR count). The molecular weight excluding hydrogens is 668 g/mol. The molecule has 1 aliphatic heterocycles. The lowest BCUT2D eigenvalue weighted by Gasteiger charge is -2.71. The van der Waals surface area contributed by atoms with E-state index in [4.69, 9.17) is 18.9 Å². The second-order valence-corrected chi connectivity index (χ2v) is 18.0. The zero-order chi connectivity index (χ0) is 34.7. The van der Waals surface area contributed by atoms with Crippen molar-refractivity contribution < 1.29 is 28.5 Å². The van der Waals surface area contributed by atoms with Gasteiger partial charge in [-0.3, -0.25) is 9.59 Å². The summed E-state index contributed by atoms with van der Waals surface area (Å²) < 4.78 is 25.6. The summed E-state index contributed by atoms with van der Waals surface area (Å²) in [6.07, 6.45) is 8.18. The summed E-state index contributed by atoms with van der Waals surface area (Å²) in [5.74, 6) is 1.36. The summed E-state index contributed by atoms with van der Waals surface area (Å²) in [5, 5.41) is 0.291. The maximum atomic E-state index is 14.6. The summed E-state index contributed by atoms with van der Waals surface area (Å²) >= 11 is 3.30. The molecule has 6 nitrogen and oxygen atoms in total. The highest BCUT2D eigenvalue weighted by Gasteiger charge is 2.72. The van der Waals surface area contributed by atoms with Crippen molar-refractivity contribution in [1.29, 1.82) is 0 Å². The molecule has 0 spiro atoms. The van der Waals surface area contributed by atoms with Crippen molar-refractivity contribution in [3.05, 3.63) is 47.5 Å². The molecule has 4 aliphatic carbocycles. The first-order valence-corrected chi connectivity index (χ1v) is 19.5. The molecule has 2 unspecified atom stereocenters. The highest BCUT2D eigenvalue weighted by atomic mass is 79.9. The predicted molar refractivity (Wildman–Crippen MR) is 192 cm³/mol. The van der Waals surface area contributed by atoms with Gasteiger partial charge in [0.15, 0.2) is 5.78 Å². The van der Waals surface area contributed by atoms with Gasteiger partial charge in [0.25, 0.3) is 0 Å². The average Bonchev–Trinajstić information content (AvgIpc) is 3.06. The Morgan fingerprint density at radius 3 is 2.40 bits per heavy atom. The van der Waals surface area contributed by atoms with E-state index in [2.05, 4.69) is 70.5 Å². The van der Waals surface area contributed by atoms with Crippen molar-refractivity contribution in [2.24, 2.45) is 56.7 Å². The first-order valence-electron chi connectivity index (χ1n) is 18.4. The minimum absolute atomic E-state index is 0.0327. The number of esters is 1. The third-order valence-electron chi connectivity index (χ3n) is 15.2. The van der Waals surface area contributed by atoms with Crippen LogP contribution >= 0.6 is 15.9 Å². The van der Waals surface area contributed by atoms with Gasteiger partial charge < -0.3 is 18.9 Å². The number of carbonyl (C=O) groups excluding carboxylic acids is 2. The van der Waals surface area contributed by atoms with Gasteiger partial charge in [-0.1, -0.05) is 106 Å². The van der Waals surface area contributed by atoms with E-state index < -0.39 is 0 Å². The fraction of sp³-hybridized carbons (Fsp3) is 0.756. The minimum atomic E-state index is -0.265. The Balaban J connectivity index is 1.39. The number of hydrogen-bond acceptors (Lipinski definition) is 6. The van der Waals surface area contributed by atoms with Gasteiger partial charge in [0.2, 0.25) is 0 Å². The van der Waals surface area contributed by atoms with Gasteiger partial charge in [0, 0.05) is 17.9 Å². The fourth-order valence-electron chi connectivity index (χ4n) is 12.1. The number of carbonyl (C=O) groups is 2. The van der Waals surface area contributed by atoms with Crippen molar-refractivity contribution in [1.82, 2.24) is 0 Å². The third kappa shape index (κ3) is 5.42. The van der Waals surface area contributed by atoms with E-state index in [-0.39, 0.29) is 63.6 Å². The number of ether oxygens (including phenoxy) is 4. The van der Waals surface area contributed by atoms with Gasteiger partial charge >= 0.3 is 5.97 Å². The number of fused-ring (bicyclic) bond motifs is 3. The molecule has 1 heterocycles. The highest BCUT2D eigenvalue weighted by Crippen LogP contribution is 2.75. The second kappa shape index (κ2) is 13.2. The molecule has 4 fully saturated rings. The van der Waals surface area contributed by atoms with E-state index >= 15 is 0 Å². The van der Waals surface area contributed by atoms with Gasteiger partial charge in [0.1, 0.15) is 13.2 Å². The van der Waals surface area contributed by atoms with Crippen LogP contribution in [0.1, 0.15) is 92.6 Å². The Morgan fingerprint density at radius 2 is 1.73 bits per heavy atom. The molecular formula is C41H59BrO6. The lowest BCUT2D eigenvalue weighted by Crippen LogP contribution is -2.70. The summed E-state index contributed by atoms with van der Waals surface area (Å²) in [6, 6.07) is 10.1. The Kier molecular flexibility index (Phi) is 9.98. The molecule has 48 heavy (non-hydrogen) atoms. The number of rotatable bonds is 10. The van der Waals surface area contributed by atoms with Crippen molar-refractivity contribution in [3.8, 4) is 0 Å². The quantitative estimate of drug-likeness (QED) is 0.137. The van der Waals surface area contributed by atoms with Crippen molar-refractivity contribution in [3.63, 3.8) is 0 Å². The lowest BCUT2D eigenvalue weighted by atomic mass is 9.34. The predicted octanol–water partition coefficient (Wildman–Crippen LogP) is 8.60. The van der Waals surface area contributed by atoms with E-state index in [9.17, 15) is 9.59 Å². The van der Waals surface area contributed by atoms with Crippen LogP contribution in [0.5, 0.6) is 0 Å². The second-order valence-electron chi connectivity index (χ2n) is 17.5. The normalized spacial score (nSPS) is 42.5. The maximum absolute atomic E-state index is 14.6. The summed E-state index contributed by atoms with van der Waals surface area (Å²) in [7, 11) is 1.79. The van der Waals surface area contributed by atoms with E-state index in [1.165, 1.54) is 0 Å². The number of ketones is 1. The number of alkyl halides is 1. The Bertz CT molecular complexity index is 1390. The Hall–Kier alpha value is -1.54. The molecule has 266 valence electrons. The van der Waals surface area contributed by atoms with Crippen molar-refractivity contribution in [2.45, 2.75) is 106 Å². The topological polar surface area (TPSA) is 71.1 Å². The van der Waals surface area contributed by atoms with Crippen LogP contribution in [-0.4, -0.2) is 56.2 Å². The average molecular weight is 728 g/mol. The zero-order valence-corrected chi connectivity index (χ0v) is 32.2. The number of halogens is 1. The molecule has 2 bridgehead atoms. The minimum Gasteiger partial charge on any atom is -0.461 e. The molecule has 0 amide bonds. The van der Waals surface area contributed by atoms with Gasteiger partial charge in [-0.15, -0.1) is 0 Å². The summed E-state index contributed by atoms with van der Waals surface area (Å²) in [4.78, 5) is 27.0. The monoisotopic (exact) mass is 726 g/mol. The van der Waals surface area contributed by atoms with Crippen LogP contribution in [0.2, 0.25) is 0 Å². The van der Waals surface area contributed by atoms with E-state index in [1.54, 1.807) is 12.7 Å². The molecule has 7 heteroatoms. The van der Waals surface area contributed by atoms with Gasteiger partial charge in [0.05, 0.1) is 36.7 Å². The van der Waals surface area contributed by atoms with Gasteiger partial charge in [-0.05, 0) is 84.0 Å². The van der Waals surface area contributed by atoms with Crippen molar-refractivity contribution >= 4 is 27.7 Å². The number of allylic oxidation sites excluding steroid dienone is 1. The Labute approximate surface area is 297 Å². The van der Waals surface area contributed by atoms with E-state index in [0.29, 0.717) is 48.8 Å². The molecule has 11 atom stereocenters. The highest BCUT2D eigenvalue weighted by molar-refractivity contribution is 9.09. The molecule has 1 aromatic rings. The summed E-state index contributed by atoms with van der Waals surface area (Å²) in [5.41, 5.74) is 1.65. The van der Waals surface area contributed by atoms with Crippen LogP contribution in [0.15, 0.2) is 42.0 Å². The molecule has 1 saturated heterocycles. The molecule has 5 aliphatic rings. The standard InChI is InChI=1S/C41H59BrO6/c1-26(2)27(3)37(4)18-19-39(6)30-14-15-33-38(5)24-46-25-41(33,20-32(45-8)35(38)47-23-29(43)21-42)31(30)16-17-40(39,7)34(37)36(44)48-22-28-12-10-9-11-13-28/h9-13,16,26-27,30,32-35H,14-15,17-25H2,1-8H3/t27-,30+,32-,33?,34-,35+,37-,38?,39-,40+,41+/m1/s1. The van der Waals surface area contributed by atoms with Crippen molar-refractivity contribution in [2.75, 3.05) is 32.3 Å². The van der Waals surface area contributed by atoms with Gasteiger partial charge in [-0.25, -0.2) is 0 Å². The fourth-order valence-corrected chi connectivity index (χ4v) is 12.3.